The van der Waals surface area contributed by atoms with E-state index in [2.05, 4.69) is 56.5 Å². The van der Waals surface area contributed by atoms with Crippen LogP contribution in [0.2, 0.25) is 0 Å². The number of benzene rings is 2. The first-order chi connectivity index (χ1) is 15.0. The van der Waals surface area contributed by atoms with Crippen LogP contribution in [-0.4, -0.2) is 55.6 Å². The fourth-order valence-corrected chi connectivity index (χ4v) is 4.32. The van der Waals surface area contributed by atoms with Gasteiger partial charge in [-0.2, -0.15) is 0 Å². The normalized spacial score (nSPS) is 13.7. The summed E-state index contributed by atoms with van der Waals surface area (Å²) in [6.45, 7) is 8.54. The molecule has 1 amide bonds. The molecule has 0 radical (unpaired) electrons. The number of nitrogens with one attached hydrogen (secondary N) is 1. The summed E-state index contributed by atoms with van der Waals surface area (Å²) in [4.78, 5) is 21.1. The number of aryl methyl sites for hydroxylation is 1. The molecule has 8 heteroatoms. The Bertz CT molecular complexity index is 1090. The number of halogens is 2. The molecule has 178 valence electrons. The lowest BCUT2D eigenvalue weighted by Crippen LogP contribution is -2.47. The molecule has 6 nitrogen and oxygen atoms in total. The van der Waals surface area contributed by atoms with E-state index in [0.29, 0.717) is 0 Å². The Kier molecular flexibility index (Phi) is 9.77. The Balaban J connectivity index is 0.00000193. The van der Waals surface area contributed by atoms with Gasteiger partial charge in [-0.15, -0.1) is 24.8 Å². The summed E-state index contributed by atoms with van der Waals surface area (Å²) >= 11 is 0. The number of amides is 1. The van der Waals surface area contributed by atoms with Crippen molar-refractivity contribution in [3.63, 3.8) is 0 Å². The lowest BCUT2D eigenvalue weighted by atomic mass is 10.1. The minimum Gasteiger partial charge on any atom is -0.494 e. The number of carbonyl (C=O) groups excluding carboxylic acids is 1. The number of anilines is 2. The van der Waals surface area contributed by atoms with E-state index >= 15 is 0 Å². The van der Waals surface area contributed by atoms with Crippen molar-refractivity contribution in [2.24, 2.45) is 0 Å². The van der Waals surface area contributed by atoms with Gasteiger partial charge in [-0.1, -0.05) is 18.2 Å². The second-order valence-corrected chi connectivity index (χ2v) is 8.05. The SMILES string of the molecule is COc1c(CCN2CCN(c3cccc4nc(C)ccc34)CC2)cccc1NC(C)=O.Cl.Cl. The van der Waals surface area contributed by atoms with E-state index in [0.717, 1.165) is 67.4 Å². The zero-order valence-electron chi connectivity index (χ0n) is 19.3. The number of piperazine rings is 1. The van der Waals surface area contributed by atoms with Crippen LogP contribution in [0.4, 0.5) is 11.4 Å². The van der Waals surface area contributed by atoms with Gasteiger partial charge in [0, 0.05) is 56.4 Å². The van der Waals surface area contributed by atoms with Gasteiger partial charge in [0.25, 0.3) is 0 Å². The predicted molar refractivity (Wildman–Crippen MR) is 141 cm³/mol. The summed E-state index contributed by atoms with van der Waals surface area (Å²) in [5.41, 5.74) is 5.23. The average molecular weight is 491 g/mol. The molecule has 2 heterocycles. The van der Waals surface area contributed by atoms with Crippen LogP contribution in [0, 0.1) is 6.92 Å². The molecule has 1 saturated heterocycles. The third-order valence-corrected chi connectivity index (χ3v) is 5.87. The smallest absolute Gasteiger partial charge is 0.221 e. The topological polar surface area (TPSA) is 57.7 Å². The van der Waals surface area contributed by atoms with Crippen molar-refractivity contribution in [1.29, 1.82) is 0 Å². The molecule has 33 heavy (non-hydrogen) atoms. The van der Waals surface area contributed by atoms with Crippen molar-refractivity contribution in [2.75, 3.05) is 50.1 Å². The first-order valence-corrected chi connectivity index (χ1v) is 10.8. The van der Waals surface area contributed by atoms with Gasteiger partial charge in [0.15, 0.2) is 0 Å². The molecule has 3 aromatic rings. The van der Waals surface area contributed by atoms with Crippen molar-refractivity contribution in [3.05, 3.63) is 59.8 Å². The van der Waals surface area contributed by atoms with Gasteiger partial charge in [0.05, 0.1) is 18.3 Å². The Morgan fingerprint density at radius 2 is 1.76 bits per heavy atom. The van der Waals surface area contributed by atoms with E-state index in [1.165, 1.54) is 18.0 Å². The zero-order chi connectivity index (χ0) is 21.8. The highest BCUT2D eigenvalue weighted by Crippen LogP contribution is 2.30. The number of pyridine rings is 1. The van der Waals surface area contributed by atoms with Crippen LogP contribution in [-0.2, 0) is 11.2 Å². The van der Waals surface area contributed by atoms with Gasteiger partial charge in [-0.25, -0.2) is 0 Å². The largest absolute Gasteiger partial charge is 0.494 e. The molecule has 0 atom stereocenters. The number of hydrogen-bond donors (Lipinski definition) is 1. The van der Waals surface area contributed by atoms with Crippen LogP contribution >= 0.6 is 24.8 Å². The molecule has 0 aliphatic carbocycles. The number of ether oxygens (including phenoxy) is 1. The van der Waals surface area contributed by atoms with Crippen molar-refractivity contribution in [2.45, 2.75) is 20.3 Å². The third kappa shape index (κ3) is 6.28. The molecule has 4 rings (SSSR count). The summed E-state index contributed by atoms with van der Waals surface area (Å²) in [5, 5.41) is 4.08. The molecule has 0 saturated carbocycles. The fourth-order valence-electron chi connectivity index (χ4n) is 4.32. The van der Waals surface area contributed by atoms with Crippen LogP contribution < -0.4 is 15.0 Å². The lowest BCUT2D eigenvalue weighted by molar-refractivity contribution is -0.114. The van der Waals surface area contributed by atoms with Gasteiger partial charge >= 0.3 is 0 Å². The average Bonchev–Trinajstić information content (AvgIpc) is 2.77. The number of para-hydroxylation sites is 1. The Morgan fingerprint density at radius 1 is 1.03 bits per heavy atom. The Labute approximate surface area is 208 Å². The molecule has 1 aromatic heterocycles. The quantitative estimate of drug-likeness (QED) is 0.541. The molecule has 0 unspecified atom stereocenters. The second-order valence-electron chi connectivity index (χ2n) is 8.05. The lowest BCUT2D eigenvalue weighted by Gasteiger charge is -2.36. The van der Waals surface area contributed by atoms with Gasteiger partial charge < -0.3 is 15.0 Å². The van der Waals surface area contributed by atoms with Gasteiger partial charge in [0.1, 0.15) is 5.75 Å². The van der Waals surface area contributed by atoms with Crippen LogP contribution in [0.5, 0.6) is 5.75 Å². The van der Waals surface area contributed by atoms with Crippen LogP contribution in [0.25, 0.3) is 10.9 Å². The fraction of sp³-hybridized carbons (Fsp3) is 0.360. The Morgan fingerprint density at radius 3 is 2.45 bits per heavy atom. The molecule has 0 bridgehead atoms. The molecule has 2 aromatic carbocycles. The van der Waals surface area contributed by atoms with E-state index in [1.54, 1.807) is 7.11 Å². The van der Waals surface area contributed by atoms with E-state index in [1.807, 2.05) is 19.1 Å². The summed E-state index contributed by atoms with van der Waals surface area (Å²) in [6.07, 6.45) is 0.883. The van der Waals surface area contributed by atoms with Crippen molar-refractivity contribution < 1.29 is 9.53 Å². The highest BCUT2D eigenvalue weighted by Gasteiger charge is 2.19. The number of aromatic nitrogens is 1. The maximum Gasteiger partial charge on any atom is 0.221 e. The van der Waals surface area contributed by atoms with Crippen molar-refractivity contribution in [1.82, 2.24) is 9.88 Å². The van der Waals surface area contributed by atoms with Crippen LogP contribution in [0.3, 0.4) is 0 Å². The number of fused-ring (bicyclic) bond motifs is 1. The molecule has 1 aliphatic heterocycles. The first-order valence-electron chi connectivity index (χ1n) is 10.8. The third-order valence-electron chi connectivity index (χ3n) is 5.87. The molecular weight excluding hydrogens is 459 g/mol. The molecule has 1 fully saturated rings. The Hall–Kier alpha value is -2.54. The second kappa shape index (κ2) is 12.1. The van der Waals surface area contributed by atoms with Crippen molar-refractivity contribution >= 4 is 53.0 Å². The van der Waals surface area contributed by atoms with Gasteiger partial charge in [0.2, 0.25) is 5.91 Å². The van der Waals surface area contributed by atoms with Crippen LogP contribution in [0.15, 0.2) is 48.5 Å². The predicted octanol–water partition coefficient (Wildman–Crippen LogP) is 4.72. The highest BCUT2D eigenvalue weighted by atomic mass is 35.5. The maximum atomic E-state index is 11.5. The van der Waals surface area contributed by atoms with E-state index in [-0.39, 0.29) is 30.7 Å². The number of nitrogens with zero attached hydrogens (tertiary/aromatic N) is 3. The zero-order valence-corrected chi connectivity index (χ0v) is 21.0. The number of rotatable bonds is 6. The number of methoxy groups -OCH3 is 1. The standard InChI is InChI=1S/C25H30N4O2.2ClH/c1-18-10-11-21-22(26-18)7-5-9-24(21)29-16-14-28(15-17-29)13-12-20-6-4-8-23(25(20)31-3)27-19(2)30;;/h4-11H,12-17H2,1-3H3,(H,27,30);2*1H. The number of hydrogen-bond acceptors (Lipinski definition) is 5. The molecular formula is C25H32Cl2N4O2. The molecule has 0 spiro atoms. The first kappa shape index (κ1) is 26.7. The van der Waals surface area contributed by atoms with E-state index < -0.39 is 0 Å². The van der Waals surface area contributed by atoms with Gasteiger partial charge in [-0.3, -0.25) is 14.7 Å². The van der Waals surface area contributed by atoms with Gasteiger partial charge in [-0.05, 0) is 49.2 Å². The van der Waals surface area contributed by atoms with Crippen molar-refractivity contribution in [3.8, 4) is 5.75 Å². The number of carbonyl (C=O) groups is 1. The highest BCUT2D eigenvalue weighted by molar-refractivity contribution is 5.92. The van der Waals surface area contributed by atoms with E-state index in [9.17, 15) is 4.79 Å². The summed E-state index contributed by atoms with van der Waals surface area (Å²) in [6, 6.07) is 16.6. The van der Waals surface area contributed by atoms with E-state index in [4.69, 9.17) is 4.74 Å². The monoisotopic (exact) mass is 490 g/mol. The molecule has 1 aliphatic rings. The summed E-state index contributed by atoms with van der Waals surface area (Å²) in [7, 11) is 1.66. The minimum absolute atomic E-state index is 0. The summed E-state index contributed by atoms with van der Waals surface area (Å²) < 4.78 is 5.59. The minimum atomic E-state index is -0.0923. The maximum absolute atomic E-state index is 11.5. The summed E-state index contributed by atoms with van der Waals surface area (Å²) in [5.74, 6) is 0.667. The van der Waals surface area contributed by atoms with Crippen LogP contribution in [0.1, 0.15) is 18.2 Å². The molecule has 1 N–H and O–H groups in total.